The smallest absolute Gasteiger partial charge is 0.305 e. The summed E-state index contributed by atoms with van der Waals surface area (Å²) in [6, 6.07) is 30.6. The quantitative estimate of drug-likeness (QED) is 0.0664. The Bertz CT molecular complexity index is 1360. The summed E-state index contributed by atoms with van der Waals surface area (Å²) in [6.07, 6.45) is 2.47. The highest BCUT2D eigenvalue weighted by Crippen LogP contribution is 2.38. The Kier molecular flexibility index (Phi) is 16.2. The molecule has 0 saturated carbocycles. The van der Waals surface area contributed by atoms with Crippen LogP contribution in [0.5, 0.6) is 0 Å². The predicted molar refractivity (Wildman–Crippen MR) is 201 cm³/mol. The molecule has 0 aromatic heterocycles. The van der Waals surface area contributed by atoms with Gasteiger partial charge in [0.25, 0.3) is 0 Å². The van der Waals surface area contributed by atoms with Crippen molar-refractivity contribution in [3.63, 3.8) is 0 Å². The average Bonchev–Trinajstić information content (AvgIpc) is 3.11. The van der Waals surface area contributed by atoms with E-state index in [0.29, 0.717) is 45.7 Å². The highest BCUT2D eigenvalue weighted by atomic mass is 28.2. The SMILES string of the molecule is CCCCCC(=O)OCCCC1OC(C(C)(C)O[SiH2]C(C)(C)C)C(OCc2ccccc2)C(OCc2ccccc2)C1OCc1ccccc1. The lowest BCUT2D eigenvalue weighted by Crippen LogP contribution is -2.65. The summed E-state index contributed by atoms with van der Waals surface area (Å²) >= 11 is 0. The van der Waals surface area contributed by atoms with Gasteiger partial charge in [0.2, 0.25) is 0 Å². The molecular weight excluding hydrogens is 645 g/mol. The second-order valence-electron chi connectivity index (χ2n) is 15.2. The number of hydrogen-bond donors (Lipinski definition) is 0. The number of unbranched alkanes of at least 4 members (excludes halogenated alkanes) is 2. The van der Waals surface area contributed by atoms with Crippen LogP contribution in [-0.2, 0) is 52.7 Å². The molecule has 1 saturated heterocycles. The molecule has 0 aliphatic carbocycles. The molecule has 1 fully saturated rings. The van der Waals surface area contributed by atoms with Gasteiger partial charge in [0.15, 0.2) is 9.76 Å². The third kappa shape index (κ3) is 13.4. The molecule has 5 unspecified atom stereocenters. The highest BCUT2D eigenvalue weighted by molar-refractivity contribution is 6.31. The largest absolute Gasteiger partial charge is 0.466 e. The molecule has 0 spiro atoms. The zero-order valence-electron chi connectivity index (χ0n) is 31.2. The van der Waals surface area contributed by atoms with Gasteiger partial charge in [-0.25, -0.2) is 0 Å². The Morgan fingerprint density at radius 3 is 1.68 bits per heavy atom. The maximum Gasteiger partial charge on any atom is 0.305 e. The first kappa shape index (κ1) is 39.9. The Hall–Kier alpha value is -2.85. The summed E-state index contributed by atoms with van der Waals surface area (Å²) in [5.41, 5.74) is 2.54. The van der Waals surface area contributed by atoms with Crippen molar-refractivity contribution < 1.29 is 32.9 Å². The maximum atomic E-state index is 12.4. The van der Waals surface area contributed by atoms with Crippen LogP contribution in [0.4, 0.5) is 0 Å². The van der Waals surface area contributed by atoms with Crippen LogP contribution >= 0.6 is 0 Å². The maximum absolute atomic E-state index is 12.4. The van der Waals surface area contributed by atoms with Crippen molar-refractivity contribution in [1.29, 1.82) is 0 Å². The average molecular weight is 705 g/mol. The van der Waals surface area contributed by atoms with Gasteiger partial charge in [-0.2, -0.15) is 0 Å². The van der Waals surface area contributed by atoms with E-state index in [9.17, 15) is 4.79 Å². The predicted octanol–water partition coefficient (Wildman–Crippen LogP) is 8.51. The fraction of sp³-hybridized carbons (Fsp3) is 0.548. The molecule has 0 radical (unpaired) electrons. The van der Waals surface area contributed by atoms with Gasteiger partial charge in [-0.1, -0.05) is 132 Å². The Labute approximate surface area is 303 Å². The summed E-state index contributed by atoms with van der Waals surface area (Å²) in [5.74, 6) is -0.141. The summed E-state index contributed by atoms with van der Waals surface area (Å²) in [6.45, 7) is 14.6. The molecule has 4 rings (SSSR count). The van der Waals surface area contributed by atoms with E-state index in [1.54, 1.807) is 0 Å². The van der Waals surface area contributed by atoms with Crippen molar-refractivity contribution in [2.75, 3.05) is 6.61 Å². The second-order valence-corrected chi connectivity index (χ2v) is 17.9. The van der Waals surface area contributed by atoms with Gasteiger partial charge < -0.3 is 28.1 Å². The molecule has 0 amide bonds. The van der Waals surface area contributed by atoms with Crippen LogP contribution in [0.3, 0.4) is 0 Å². The first-order valence-electron chi connectivity index (χ1n) is 18.5. The number of rotatable bonds is 20. The van der Waals surface area contributed by atoms with Gasteiger partial charge in [0, 0.05) is 6.42 Å². The lowest BCUT2D eigenvalue weighted by atomic mass is 9.85. The minimum atomic E-state index is -0.935. The number of hydrogen-bond acceptors (Lipinski definition) is 7. The third-order valence-corrected chi connectivity index (χ3v) is 10.7. The normalized spacial score (nSPS) is 21.4. The molecule has 50 heavy (non-hydrogen) atoms. The minimum Gasteiger partial charge on any atom is -0.466 e. The van der Waals surface area contributed by atoms with Gasteiger partial charge in [0.1, 0.15) is 24.4 Å². The molecule has 274 valence electrons. The van der Waals surface area contributed by atoms with Crippen molar-refractivity contribution in [3.8, 4) is 0 Å². The van der Waals surface area contributed by atoms with Gasteiger partial charge >= 0.3 is 5.97 Å². The van der Waals surface area contributed by atoms with E-state index in [0.717, 1.165) is 36.0 Å². The molecule has 0 N–H and O–H groups in total. The molecule has 5 atom stereocenters. The minimum absolute atomic E-state index is 0.0945. The first-order valence-corrected chi connectivity index (χ1v) is 19.8. The molecule has 1 aliphatic heterocycles. The summed E-state index contributed by atoms with van der Waals surface area (Å²) in [7, 11) is -0.935. The molecule has 3 aromatic carbocycles. The number of carbonyl (C=O) groups is 1. The van der Waals surface area contributed by atoms with Crippen LogP contribution in [0.1, 0.15) is 96.8 Å². The van der Waals surface area contributed by atoms with E-state index in [4.69, 9.17) is 28.1 Å². The van der Waals surface area contributed by atoms with Crippen molar-refractivity contribution in [1.82, 2.24) is 0 Å². The van der Waals surface area contributed by atoms with E-state index >= 15 is 0 Å². The van der Waals surface area contributed by atoms with Crippen molar-refractivity contribution in [2.45, 2.75) is 141 Å². The Morgan fingerprint density at radius 2 is 1.18 bits per heavy atom. The summed E-state index contributed by atoms with van der Waals surface area (Å²) in [4.78, 5) is 12.4. The van der Waals surface area contributed by atoms with Crippen LogP contribution in [0.15, 0.2) is 91.0 Å². The van der Waals surface area contributed by atoms with Gasteiger partial charge in [-0.15, -0.1) is 0 Å². The monoisotopic (exact) mass is 704 g/mol. The highest BCUT2D eigenvalue weighted by Gasteiger charge is 2.53. The van der Waals surface area contributed by atoms with Crippen LogP contribution in [0, 0.1) is 0 Å². The van der Waals surface area contributed by atoms with Crippen LogP contribution in [-0.4, -0.2) is 58.5 Å². The summed E-state index contributed by atoms with van der Waals surface area (Å²) < 4.78 is 40.2. The fourth-order valence-corrected chi connectivity index (χ4v) is 7.10. The van der Waals surface area contributed by atoms with E-state index in [1.165, 1.54) is 0 Å². The van der Waals surface area contributed by atoms with Gasteiger partial charge in [0.05, 0.1) is 38.1 Å². The topological polar surface area (TPSA) is 72.5 Å². The molecule has 8 heteroatoms. The van der Waals surface area contributed by atoms with Gasteiger partial charge in [-0.3, -0.25) is 4.79 Å². The molecular formula is C42H60O7Si. The third-order valence-electron chi connectivity index (χ3n) is 8.93. The van der Waals surface area contributed by atoms with Crippen molar-refractivity contribution in [2.24, 2.45) is 0 Å². The van der Waals surface area contributed by atoms with Crippen LogP contribution in [0.25, 0.3) is 0 Å². The Balaban J connectivity index is 1.65. The lowest BCUT2D eigenvalue weighted by molar-refractivity contribution is -0.290. The van der Waals surface area contributed by atoms with E-state index in [2.05, 4.69) is 77.9 Å². The Morgan fingerprint density at radius 1 is 0.680 bits per heavy atom. The molecule has 3 aromatic rings. The van der Waals surface area contributed by atoms with Crippen molar-refractivity contribution >= 4 is 15.7 Å². The number of benzene rings is 3. The molecule has 1 aliphatic rings. The number of ether oxygens (including phenoxy) is 5. The van der Waals surface area contributed by atoms with E-state index < -0.39 is 39.8 Å². The molecule has 1 heterocycles. The first-order chi connectivity index (χ1) is 24.1. The summed E-state index contributed by atoms with van der Waals surface area (Å²) in [5, 5.41) is 0.0945. The number of esters is 1. The van der Waals surface area contributed by atoms with Crippen LogP contribution < -0.4 is 0 Å². The lowest BCUT2D eigenvalue weighted by Gasteiger charge is -2.51. The molecule has 7 nitrogen and oxygen atoms in total. The van der Waals surface area contributed by atoms with E-state index in [1.807, 2.05) is 54.6 Å². The van der Waals surface area contributed by atoms with Crippen molar-refractivity contribution in [3.05, 3.63) is 108 Å². The zero-order valence-corrected chi connectivity index (χ0v) is 32.6. The second kappa shape index (κ2) is 20.3. The van der Waals surface area contributed by atoms with E-state index in [-0.39, 0.29) is 17.1 Å². The molecule has 0 bridgehead atoms. The number of carbonyl (C=O) groups excluding carboxylic acids is 1. The van der Waals surface area contributed by atoms with Gasteiger partial charge in [-0.05, 0) is 54.8 Å². The van der Waals surface area contributed by atoms with Crippen LogP contribution in [0.2, 0.25) is 5.04 Å². The zero-order chi connectivity index (χ0) is 35.8. The standard InChI is InChI=1S/C42H60O7Si/c1-7-8-12-27-36(43)44-28-19-26-35-37(45-29-32-20-13-9-14-21-32)38(46-30-33-22-15-10-16-23-33)39(47-31-34-24-17-11-18-25-34)40(48-35)42(5,6)49-50-41(2,3)4/h9-11,13-18,20-25,35,37-40H,7-8,12,19,26-31,50H2,1-6H3. The fourth-order valence-electron chi connectivity index (χ4n) is 6.13.